The Morgan fingerprint density at radius 1 is 1.00 bits per heavy atom. The summed E-state index contributed by atoms with van der Waals surface area (Å²) in [5, 5.41) is 3.25. The van der Waals surface area contributed by atoms with E-state index in [4.69, 9.17) is 16.0 Å². The third-order valence-electron chi connectivity index (χ3n) is 4.05. The van der Waals surface area contributed by atoms with Crippen molar-refractivity contribution in [2.45, 2.75) is 23.9 Å². The molecule has 1 heterocycles. The first kappa shape index (κ1) is 20.1. The molecule has 0 saturated heterocycles. The first-order valence-corrected chi connectivity index (χ1v) is 10.4. The number of nitrogens with one attached hydrogen (secondary N) is 2. The number of sulfonamides is 1. The van der Waals surface area contributed by atoms with Crippen LogP contribution in [-0.2, 0) is 21.4 Å². The number of rotatable bonds is 8. The maximum absolute atomic E-state index is 12.7. The van der Waals surface area contributed by atoms with Gasteiger partial charge in [-0.1, -0.05) is 41.9 Å². The van der Waals surface area contributed by atoms with Crippen molar-refractivity contribution < 1.29 is 17.6 Å². The van der Waals surface area contributed by atoms with Crippen molar-refractivity contribution in [3.63, 3.8) is 0 Å². The third-order valence-corrected chi connectivity index (χ3v) is 5.79. The Morgan fingerprint density at radius 2 is 1.71 bits per heavy atom. The van der Waals surface area contributed by atoms with E-state index in [1.807, 2.05) is 0 Å². The molecule has 3 aromatic rings. The average Bonchev–Trinajstić information content (AvgIpc) is 3.21. The van der Waals surface area contributed by atoms with Crippen LogP contribution in [-0.4, -0.2) is 14.3 Å². The molecule has 1 amide bonds. The second kappa shape index (κ2) is 9.05. The van der Waals surface area contributed by atoms with Gasteiger partial charge >= 0.3 is 0 Å². The van der Waals surface area contributed by atoms with Crippen molar-refractivity contribution in [1.29, 1.82) is 0 Å². The fraction of sp³-hybridized carbons (Fsp3) is 0.150. The highest BCUT2D eigenvalue weighted by Crippen LogP contribution is 2.22. The van der Waals surface area contributed by atoms with E-state index in [-0.39, 0.29) is 23.8 Å². The van der Waals surface area contributed by atoms with Crippen LogP contribution in [0.2, 0.25) is 5.02 Å². The number of furan rings is 1. The molecule has 0 fully saturated rings. The predicted molar refractivity (Wildman–Crippen MR) is 106 cm³/mol. The molecule has 3 rings (SSSR count). The smallest absolute Gasteiger partial charge is 0.241 e. The van der Waals surface area contributed by atoms with Crippen LogP contribution in [0.1, 0.15) is 23.8 Å². The van der Waals surface area contributed by atoms with Crippen molar-refractivity contribution in [1.82, 2.24) is 10.0 Å². The molecule has 0 aliphatic carbocycles. The average molecular weight is 419 g/mol. The van der Waals surface area contributed by atoms with E-state index in [2.05, 4.69) is 10.0 Å². The summed E-state index contributed by atoms with van der Waals surface area (Å²) in [6, 6.07) is 17.4. The molecule has 8 heteroatoms. The summed E-state index contributed by atoms with van der Waals surface area (Å²) in [7, 11) is -3.80. The van der Waals surface area contributed by atoms with Crippen molar-refractivity contribution in [3.8, 4) is 0 Å². The number of hydrogen-bond donors (Lipinski definition) is 2. The maximum Gasteiger partial charge on any atom is 0.241 e. The van der Waals surface area contributed by atoms with Crippen LogP contribution >= 0.6 is 11.6 Å². The number of hydrogen-bond acceptors (Lipinski definition) is 4. The van der Waals surface area contributed by atoms with Gasteiger partial charge in [0.05, 0.1) is 23.7 Å². The molecule has 6 nitrogen and oxygen atoms in total. The van der Waals surface area contributed by atoms with Crippen molar-refractivity contribution in [3.05, 3.63) is 89.3 Å². The zero-order chi connectivity index (χ0) is 20.0. The fourth-order valence-corrected chi connectivity index (χ4v) is 4.01. The summed E-state index contributed by atoms with van der Waals surface area (Å²) in [4.78, 5) is 12.5. The number of carbonyl (C=O) groups is 1. The zero-order valence-corrected chi connectivity index (χ0v) is 16.4. The van der Waals surface area contributed by atoms with Crippen LogP contribution in [0, 0.1) is 0 Å². The fourth-order valence-electron chi connectivity index (χ4n) is 2.63. The van der Waals surface area contributed by atoms with Crippen LogP contribution in [0.4, 0.5) is 0 Å². The molecule has 2 aromatic carbocycles. The molecular formula is C20H19ClN2O4S. The maximum atomic E-state index is 12.7. The highest BCUT2D eigenvalue weighted by Gasteiger charge is 2.23. The summed E-state index contributed by atoms with van der Waals surface area (Å²) in [5.41, 5.74) is 0.636. The van der Waals surface area contributed by atoms with E-state index in [9.17, 15) is 13.2 Å². The Morgan fingerprint density at radius 3 is 2.36 bits per heavy atom. The lowest BCUT2D eigenvalue weighted by atomic mass is 10.0. The Balaban J connectivity index is 1.77. The van der Waals surface area contributed by atoms with Crippen molar-refractivity contribution in [2.75, 3.05) is 0 Å². The van der Waals surface area contributed by atoms with Gasteiger partial charge in [0.25, 0.3) is 0 Å². The summed E-state index contributed by atoms with van der Waals surface area (Å²) < 4.78 is 33.2. The minimum atomic E-state index is -3.80. The lowest BCUT2D eigenvalue weighted by Crippen LogP contribution is -2.33. The SMILES string of the molecule is O=C(CC(NS(=O)(=O)c1ccccc1)c1ccc(Cl)cc1)NCc1ccco1. The second-order valence-electron chi connectivity index (χ2n) is 6.10. The van der Waals surface area contributed by atoms with Gasteiger partial charge in [-0.2, -0.15) is 0 Å². The molecule has 0 aliphatic rings. The molecule has 1 unspecified atom stereocenters. The summed E-state index contributed by atoms with van der Waals surface area (Å²) in [6.45, 7) is 0.227. The minimum absolute atomic E-state index is 0.0750. The van der Waals surface area contributed by atoms with E-state index in [0.717, 1.165) is 0 Å². The first-order valence-electron chi connectivity index (χ1n) is 8.56. The standard InChI is InChI=1S/C20H19ClN2O4S/c21-16-10-8-15(9-11-16)19(13-20(24)22-14-17-5-4-12-27-17)23-28(25,26)18-6-2-1-3-7-18/h1-12,19,23H,13-14H2,(H,22,24). The first-order chi connectivity index (χ1) is 13.4. The molecule has 0 spiro atoms. The van der Waals surface area contributed by atoms with Gasteiger partial charge in [-0.05, 0) is 42.0 Å². The normalized spacial score (nSPS) is 12.5. The lowest BCUT2D eigenvalue weighted by molar-refractivity contribution is -0.121. The van der Waals surface area contributed by atoms with Gasteiger partial charge in [0.1, 0.15) is 5.76 Å². The molecule has 0 radical (unpaired) electrons. The number of halogens is 1. The molecule has 0 bridgehead atoms. The topological polar surface area (TPSA) is 88.4 Å². The number of carbonyl (C=O) groups excluding carboxylic acids is 1. The second-order valence-corrected chi connectivity index (χ2v) is 8.25. The molecule has 1 atom stereocenters. The molecule has 146 valence electrons. The van der Waals surface area contributed by atoms with Crippen LogP contribution in [0.3, 0.4) is 0 Å². The monoisotopic (exact) mass is 418 g/mol. The van der Waals surface area contributed by atoms with E-state index in [1.165, 1.54) is 18.4 Å². The summed E-state index contributed by atoms with van der Waals surface area (Å²) in [6.07, 6.45) is 1.44. The zero-order valence-electron chi connectivity index (χ0n) is 14.8. The van der Waals surface area contributed by atoms with Gasteiger partial charge in [0.15, 0.2) is 0 Å². The largest absolute Gasteiger partial charge is 0.467 e. The van der Waals surface area contributed by atoms with E-state index < -0.39 is 16.1 Å². The molecule has 28 heavy (non-hydrogen) atoms. The van der Waals surface area contributed by atoms with Gasteiger partial charge in [-0.3, -0.25) is 4.79 Å². The van der Waals surface area contributed by atoms with Crippen molar-refractivity contribution >= 4 is 27.5 Å². The van der Waals surface area contributed by atoms with Gasteiger partial charge in [-0.25, -0.2) is 13.1 Å². The quantitative estimate of drug-likeness (QED) is 0.584. The molecule has 0 aliphatic heterocycles. The van der Waals surface area contributed by atoms with E-state index in [1.54, 1.807) is 54.6 Å². The van der Waals surface area contributed by atoms with Crippen LogP contribution < -0.4 is 10.0 Å². The van der Waals surface area contributed by atoms with E-state index in [0.29, 0.717) is 16.3 Å². The minimum Gasteiger partial charge on any atom is -0.467 e. The molecular weight excluding hydrogens is 400 g/mol. The Kier molecular flexibility index (Phi) is 6.51. The summed E-state index contributed by atoms with van der Waals surface area (Å²) in [5.74, 6) is 0.299. The van der Waals surface area contributed by atoms with Crippen LogP contribution in [0.15, 0.2) is 82.3 Å². The van der Waals surface area contributed by atoms with Gasteiger partial charge in [-0.15, -0.1) is 0 Å². The van der Waals surface area contributed by atoms with Crippen LogP contribution in [0.5, 0.6) is 0 Å². The number of benzene rings is 2. The number of amides is 1. The highest BCUT2D eigenvalue weighted by molar-refractivity contribution is 7.89. The Bertz CT molecular complexity index is 1000. The van der Waals surface area contributed by atoms with Crippen molar-refractivity contribution in [2.24, 2.45) is 0 Å². The Labute approximate surface area is 168 Å². The van der Waals surface area contributed by atoms with Gasteiger partial charge in [0.2, 0.25) is 15.9 Å². The molecule has 0 saturated carbocycles. The lowest BCUT2D eigenvalue weighted by Gasteiger charge is -2.19. The molecule has 1 aromatic heterocycles. The van der Waals surface area contributed by atoms with Gasteiger partial charge in [0, 0.05) is 11.4 Å². The third kappa shape index (κ3) is 5.45. The van der Waals surface area contributed by atoms with Gasteiger partial charge < -0.3 is 9.73 Å². The van der Waals surface area contributed by atoms with E-state index >= 15 is 0 Å². The molecule has 2 N–H and O–H groups in total. The highest BCUT2D eigenvalue weighted by atomic mass is 35.5. The van der Waals surface area contributed by atoms with Crippen LogP contribution in [0.25, 0.3) is 0 Å². The predicted octanol–water partition coefficient (Wildman–Crippen LogP) is 3.66. The Hall–Kier alpha value is -2.61. The summed E-state index contributed by atoms with van der Waals surface area (Å²) >= 11 is 5.93.